The Balaban J connectivity index is 1.75. The van der Waals surface area contributed by atoms with Crippen LogP contribution in [0.3, 0.4) is 0 Å². The lowest BCUT2D eigenvalue weighted by atomic mass is 9.89. The minimum absolute atomic E-state index is 0.0119. The van der Waals surface area contributed by atoms with E-state index in [4.69, 9.17) is 5.10 Å². The molecule has 2 N–H and O–H groups in total. The van der Waals surface area contributed by atoms with Crippen LogP contribution in [0.2, 0.25) is 0 Å². The number of phenols is 1. The Morgan fingerprint density at radius 2 is 1.81 bits per heavy atom. The third kappa shape index (κ3) is 3.01. The molecule has 4 rings (SSSR count). The zero-order valence-electron chi connectivity index (χ0n) is 15.3. The zero-order chi connectivity index (χ0) is 19.0. The highest BCUT2D eigenvalue weighted by Gasteiger charge is 2.32. The first-order valence-electron chi connectivity index (χ1n) is 9.00. The van der Waals surface area contributed by atoms with Gasteiger partial charge in [0.15, 0.2) is 5.78 Å². The average Bonchev–Trinajstić information content (AvgIpc) is 3.12. The number of aromatic hydroxyl groups is 1. The van der Waals surface area contributed by atoms with Crippen LogP contribution in [0.1, 0.15) is 30.2 Å². The van der Waals surface area contributed by atoms with E-state index in [9.17, 15) is 9.90 Å². The molecule has 3 aromatic rings. The number of phenolic OH excluding ortho intramolecular Hbond substituents is 1. The van der Waals surface area contributed by atoms with Gasteiger partial charge < -0.3 is 10.4 Å². The number of anilines is 1. The molecule has 0 aliphatic carbocycles. The first-order chi connectivity index (χ1) is 13.1. The van der Waals surface area contributed by atoms with Gasteiger partial charge in [0, 0.05) is 23.4 Å². The first kappa shape index (κ1) is 17.1. The van der Waals surface area contributed by atoms with Gasteiger partial charge in [-0.25, -0.2) is 4.68 Å². The van der Waals surface area contributed by atoms with Crippen molar-refractivity contribution in [3.8, 4) is 17.0 Å². The number of carbonyl (C=O) groups is 1. The van der Waals surface area contributed by atoms with Gasteiger partial charge in [0.05, 0.1) is 17.3 Å². The van der Waals surface area contributed by atoms with Crippen molar-refractivity contribution in [1.82, 2.24) is 9.78 Å². The molecule has 5 heteroatoms. The highest BCUT2D eigenvalue weighted by Crippen LogP contribution is 2.37. The van der Waals surface area contributed by atoms with Crippen molar-refractivity contribution < 1.29 is 9.90 Å². The van der Waals surface area contributed by atoms with Crippen molar-refractivity contribution >= 4 is 11.6 Å². The summed E-state index contributed by atoms with van der Waals surface area (Å²) < 4.78 is 1.88. The molecule has 0 amide bonds. The number of nitrogens with one attached hydrogen (secondary N) is 1. The zero-order valence-corrected chi connectivity index (χ0v) is 15.3. The topological polar surface area (TPSA) is 67.2 Å². The van der Waals surface area contributed by atoms with Crippen molar-refractivity contribution in [2.24, 2.45) is 5.92 Å². The molecule has 0 radical (unpaired) electrons. The molecule has 0 bridgehead atoms. The molecule has 1 aliphatic heterocycles. The molecule has 1 atom stereocenters. The molecular formula is C22H21N3O2. The molecule has 2 heterocycles. The van der Waals surface area contributed by atoms with Gasteiger partial charge in [0.2, 0.25) is 0 Å². The maximum absolute atomic E-state index is 13.1. The summed E-state index contributed by atoms with van der Waals surface area (Å²) in [5, 5.41) is 18.1. The third-order valence-corrected chi connectivity index (χ3v) is 4.81. The Labute approximate surface area is 158 Å². The number of benzene rings is 2. The monoisotopic (exact) mass is 359 g/mol. The van der Waals surface area contributed by atoms with Crippen molar-refractivity contribution in [3.05, 3.63) is 78.0 Å². The molecule has 5 nitrogen and oxygen atoms in total. The van der Waals surface area contributed by atoms with E-state index in [1.165, 1.54) is 6.07 Å². The molecule has 0 spiro atoms. The van der Waals surface area contributed by atoms with E-state index in [0.717, 1.165) is 17.1 Å². The molecule has 1 unspecified atom stereocenters. The fraction of sp³-hybridized carbons (Fsp3) is 0.182. The second-order valence-corrected chi connectivity index (χ2v) is 7.00. The number of hydrogen-bond acceptors (Lipinski definition) is 4. The maximum Gasteiger partial charge on any atom is 0.196 e. The van der Waals surface area contributed by atoms with Crippen molar-refractivity contribution in [2.75, 3.05) is 5.32 Å². The molecule has 1 aliphatic rings. The molecule has 0 saturated carbocycles. The number of rotatable bonds is 4. The third-order valence-electron chi connectivity index (χ3n) is 4.81. The number of para-hydroxylation sites is 1. The number of Topliss-reactive ketones (excluding diaryl/α,β-unsaturated/α-hetero) is 1. The largest absolute Gasteiger partial charge is 0.507 e. The predicted molar refractivity (Wildman–Crippen MR) is 106 cm³/mol. The van der Waals surface area contributed by atoms with Crippen LogP contribution in [-0.4, -0.2) is 20.7 Å². The predicted octanol–water partition coefficient (Wildman–Crippen LogP) is 4.65. The second-order valence-electron chi connectivity index (χ2n) is 7.00. The molecular weight excluding hydrogens is 338 g/mol. The van der Waals surface area contributed by atoms with Gasteiger partial charge in [-0.2, -0.15) is 5.10 Å². The van der Waals surface area contributed by atoms with Gasteiger partial charge in [-0.3, -0.25) is 4.79 Å². The van der Waals surface area contributed by atoms with Crippen LogP contribution in [0.25, 0.3) is 11.3 Å². The highest BCUT2D eigenvalue weighted by atomic mass is 16.3. The van der Waals surface area contributed by atoms with Crippen LogP contribution in [0, 0.1) is 5.92 Å². The fourth-order valence-electron chi connectivity index (χ4n) is 3.50. The van der Waals surface area contributed by atoms with Crippen LogP contribution < -0.4 is 5.32 Å². The summed E-state index contributed by atoms with van der Waals surface area (Å²) in [6.07, 6.45) is 1.74. The van der Waals surface area contributed by atoms with Crippen LogP contribution in [0.5, 0.6) is 5.75 Å². The molecule has 27 heavy (non-hydrogen) atoms. The Kier molecular flexibility index (Phi) is 4.28. The summed E-state index contributed by atoms with van der Waals surface area (Å²) in [7, 11) is 0. The van der Waals surface area contributed by atoms with E-state index in [2.05, 4.69) is 19.2 Å². The molecule has 1 aromatic heterocycles. The minimum atomic E-state index is -0.217. The number of carbonyl (C=O) groups excluding carboxylic acids is 1. The number of ketones is 1. The van der Waals surface area contributed by atoms with Crippen LogP contribution in [0.4, 0.5) is 5.82 Å². The highest BCUT2D eigenvalue weighted by molar-refractivity contribution is 6.11. The van der Waals surface area contributed by atoms with Gasteiger partial charge in [-0.15, -0.1) is 0 Å². The standard InChI is InChI=1S/C22H21N3O2/c1-14(2)21-17(22(27)16-10-6-7-11-19(16)26)13-23-20-12-18(24-25(20)21)15-8-4-3-5-9-15/h3-14,21,23,26H,1-2H3. The summed E-state index contributed by atoms with van der Waals surface area (Å²) >= 11 is 0. The number of hydrogen-bond donors (Lipinski definition) is 2. The molecule has 136 valence electrons. The Morgan fingerprint density at radius 1 is 1.11 bits per heavy atom. The van der Waals surface area contributed by atoms with Gasteiger partial charge in [-0.1, -0.05) is 56.3 Å². The Morgan fingerprint density at radius 3 is 2.52 bits per heavy atom. The normalized spacial score (nSPS) is 15.8. The lowest BCUT2D eigenvalue weighted by Crippen LogP contribution is -2.28. The summed E-state index contributed by atoms with van der Waals surface area (Å²) in [5.74, 6) is 0.792. The number of nitrogens with zero attached hydrogens (tertiary/aromatic N) is 2. The maximum atomic E-state index is 13.1. The van der Waals surface area contributed by atoms with Gasteiger partial charge in [0.25, 0.3) is 0 Å². The Hall–Kier alpha value is -3.34. The van der Waals surface area contributed by atoms with Gasteiger partial charge >= 0.3 is 0 Å². The average molecular weight is 359 g/mol. The van der Waals surface area contributed by atoms with Gasteiger partial charge in [-0.05, 0) is 18.1 Å². The van der Waals surface area contributed by atoms with Crippen molar-refractivity contribution in [1.29, 1.82) is 0 Å². The molecule has 0 saturated heterocycles. The number of aromatic nitrogens is 2. The van der Waals surface area contributed by atoms with E-state index < -0.39 is 0 Å². The lowest BCUT2D eigenvalue weighted by molar-refractivity contribution is 0.101. The van der Waals surface area contributed by atoms with E-state index in [-0.39, 0.29) is 23.5 Å². The van der Waals surface area contributed by atoms with E-state index in [0.29, 0.717) is 11.1 Å². The number of allylic oxidation sites excluding steroid dienone is 1. The smallest absolute Gasteiger partial charge is 0.196 e. The van der Waals surface area contributed by atoms with E-state index in [1.54, 1.807) is 24.4 Å². The second kappa shape index (κ2) is 6.76. The summed E-state index contributed by atoms with van der Waals surface area (Å²) in [6, 6.07) is 18.4. The van der Waals surface area contributed by atoms with Crippen LogP contribution in [0.15, 0.2) is 72.4 Å². The quantitative estimate of drug-likeness (QED) is 0.666. The summed E-state index contributed by atoms with van der Waals surface area (Å²) in [4.78, 5) is 13.1. The number of fused-ring (bicyclic) bond motifs is 1. The van der Waals surface area contributed by atoms with Crippen LogP contribution in [-0.2, 0) is 0 Å². The summed E-state index contributed by atoms with van der Waals surface area (Å²) in [5.41, 5.74) is 2.77. The Bertz CT molecular complexity index is 1020. The van der Waals surface area contributed by atoms with E-state index >= 15 is 0 Å². The fourth-order valence-corrected chi connectivity index (χ4v) is 3.50. The van der Waals surface area contributed by atoms with E-state index in [1.807, 2.05) is 41.1 Å². The van der Waals surface area contributed by atoms with Crippen LogP contribution >= 0.6 is 0 Å². The summed E-state index contributed by atoms with van der Waals surface area (Å²) in [6.45, 7) is 4.13. The van der Waals surface area contributed by atoms with Crippen molar-refractivity contribution in [3.63, 3.8) is 0 Å². The lowest BCUT2D eigenvalue weighted by Gasteiger charge is -2.29. The van der Waals surface area contributed by atoms with Gasteiger partial charge in [0.1, 0.15) is 11.6 Å². The first-order valence-corrected chi connectivity index (χ1v) is 9.00. The van der Waals surface area contributed by atoms with Crippen molar-refractivity contribution in [2.45, 2.75) is 19.9 Å². The minimum Gasteiger partial charge on any atom is -0.507 e. The molecule has 2 aromatic carbocycles. The molecule has 0 fully saturated rings. The SMILES string of the molecule is CC(C)C1C(C(=O)c2ccccc2O)=CNc2cc(-c3ccccc3)nn21.